The lowest BCUT2D eigenvalue weighted by Crippen LogP contribution is -2.30. The van der Waals surface area contributed by atoms with E-state index in [1.807, 2.05) is 31.2 Å². The van der Waals surface area contributed by atoms with Crippen molar-refractivity contribution in [3.8, 4) is 0 Å². The van der Waals surface area contributed by atoms with Crippen molar-refractivity contribution < 1.29 is 23.5 Å². The van der Waals surface area contributed by atoms with Crippen molar-refractivity contribution in [2.45, 2.75) is 26.9 Å². The zero-order valence-electron chi connectivity index (χ0n) is 16.9. The molecule has 1 aliphatic rings. The highest BCUT2D eigenvalue weighted by molar-refractivity contribution is 6.14. The Kier molecular flexibility index (Phi) is 4.91. The predicted octanol–water partition coefficient (Wildman–Crippen LogP) is 3.44. The summed E-state index contributed by atoms with van der Waals surface area (Å²) in [7, 11) is 1.25. The molecule has 154 valence electrons. The van der Waals surface area contributed by atoms with E-state index >= 15 is 0 Å². The summed E-state index contributed by atoms with van der Waals surface area (Å²) in [5, 5.41) is 3.65. The predicted molar refractivity (Wildman–Crippen MR) is 109 cm³/mol. The van der Waals surface area contributed by atoms with Crippen LogP contribution < -0.4 is 5.32 Å². The SMILES string of the molecule is CCn1c(C)c(C=C2NC(=O)N(Cc3ccc(C(=O)OC)o3)C2=O)c2ccccc21. The molecule has 0 spiro atoms. The van der Waals surface area contributed by atoms with Crippen LogP contribution in [0.5, 0.6) is 0 Å². The lowest BCUT2D eigenvalue weighted by Gasteiger charge is -2.09. The number of imide groups is 1. The number of urea groups is 1. The summed E-state index contributed by atoms with van der Waals surface area (Å²) in [6.45, 7) is 4.76. The lowest BCUT2D eigenvalue weighted by molar-refractivity contribution is -0.123. The fraction of sp³-hybridized carbons (Fsp3) is 0.227. The number of rotatable bonds is 5. The first-order chi connectivity index (χ1) is 14.4. The molecule has 0 bridgehead atoms. The Balaban J connectivity index is 1.64. The van der Waals surface area contributed by atoms with E-state index in [2.05, 4.69) is 21.5 Å². The standard InChI is InChI=1S/C22H21N3O5/c1-4-24-13(2)16(15-7-5-6-8-18(15)24)11-17-20(26)25(22(28)23-17)12-14-9-10-19(30-14)21(27)29-3/h5-11H,4,12H2,1-3H3,(H,23,28). The summed E-state index contributed by atoms with van der Waals surface area (Å²) < 4.78 is 12.1. The maximum absolute atomic E-state index is 12.9. The quantitative estimate of drug-likeness (QED) is 0.397. The number of fused-ring (bicyclic) bond motifs is 1. The smallest absolute Gasteiger partial charge is 0.373 e. The molecule has 8 heteroatoms. The number of benzene rings is 1. The van der Waals surface area contributed by atoms with Crippen LogP contribution in [0.25, 0.3) is 17.0 Å². The number of methoxy groups -OCH3 is 1. The number of amides is 3. The Morgan fingerprint density at radius 2 is 1.97 bits per heavy atom. The van der Waals surface area contributed by atoms with Crippen LogP contribution in [0.15, 0.2) is 46.5 Å². The Morgan fingerprint density at radius 3 is 2.70 bits per heavy atom. The molecule has 3 amide bonds. The van der Waals surface area contributed by atoms with Gasteiger partial charge in [0.2, 0.25) is 5.76 Å². The number of furan rings is 1. The third-order valence-corrected chi connectivity index (χ3v) is 5.21. The number of hydrogen-bond donors (Lipinski definition) is 1. The highest BCUT2D eigenvalue weighted by Gasteiger charge is 2.34. The molecule has 0 saturated carbocycles. The van der Waals surface area contributed by atoms with E-state index in [1.54, 1.807) is 6.08 Å². The fourth-order valence-corrected chi connectivity index (χ4v) is 3.74. The maximum atomic E-state index is 12.9. The highest BCUT2D eigenvalue weighted by Crippen LogP contribution is 2.29. The Morgan fingerprint density at radius 1 is 1.20 bits per heavy atom. The van der Waals surface area contributed by atoms with Crippen molar-refractivity contribution in [2.75, 3.05) is 7.11 Å². The fourth-order valence-electron chi connectivity index (χ4n) is 3.74. The summed E-state index contributed by atoms with van der Waals surface area (Å²) in [4.78, 5) is 37.9. The first kappa shape index (κ1) is 19.5. The molecule has 1 saturated heterocycles. The monoisotopic (exact) mass is 407 g/mol. The summed E-state index contributed by atoms with van der Waals surface area (Å²) in [6.07, 6.45) is 1.71. The molecule has 2 aromatic heterocycles. The Labute approximate surface area is 172 Å². The van der Waals surface area contributed by atoms with E-state index in [-0.39, 0.29) is 18.0 Å². The zero-order chi connectivity index (χ0) is 21.4. The molecule has 1 fully saturated rings. The molecule has 0 radical (unpaired) electrons. The Bertz CT molecular complexity index is 1200. The van der Waals surface area contributed by atoms with Crippen molar-refractivity contribution in [3.05, 3.63) is 64.9 Å². The molecule has 1 N–H and O–H groups in total. The van der Waals surface area contributed by atoms with Gasteiger partial charge in [-0.1, -0.05) is 18.2 Å². The van der Waals surface area contributed by atoms with Crippen molar-refractivity contribution in [2.24, 2.45) is 0 Å². The number of hydrogen-bond acceptors (Lipinski definition) is 5. The van der Waals surface area contributed by atoms with E-state index in [1.165, 1.54) is 19.2 Å². The van der Waals surface area contributed by atoms with Gasteiger partial charge in [-0.2, -0.15) is 0 Å². The van der Waals surface area contributed by atoms with Gasteiger partial charge in [0.1, 0.15) is 11.5 Å². The van der Waals surface area contributed by atoms with Gasteiger partial charge in [-0.3, -0.25) is 9.69 Å². The third kappa shape index (κ3) is 3.16. The average Bonchev–Trinajstić information content (AvgIpc) is 3.40. The molecule has 0 aliphatic carbocycles. The topological polar surface area (TPSA) is 93.8 Å². The van der Waals surface area contributed by atoms with Crippen molar-refractivity contribution >= 4 is 34.9 Å². The van der Waals surface area contributed by atoms with Gasteiger partial charge >= 0.3 is 12.0 Å². The Hall–Kier alpha value is -3.81. The van der Waals surface area contributed by atoms with Crippen LogP contribution in [0.3, 0.4) is 0 Å². The minimum absolute atomic E-state index is 0.0123. The van der Waals surface area contributed by atoms with Crippen molar-refractivity contribution in [3.63, 3.8) is 0 Å². The summed E-state index contributed by atoms with van der Waals surface area (Å²) in [5.74, 6) is -0.761. The number of nitrogens with one attached hydrogen (secondary N) is 1. The molecule has 1 aromatic carbocycles. The van der Waals surface area contributed by atoms with Gasteiger partial charge in [0.25, 0.3) is 5.91 Å². The number of carbonyl (C=O) groups is 3. The molecule has 8 nitrogen and oxygen atoms in total. The van der Waals surface area contributed by atoms with Crippen LogP contribution in [0.2, 0.25) is 0 Å². The van der Waals surface area contributed by atoms with Gasteiger partial charge in [0.05, 0.1) is 13.7 Å². The second kappa shape index (κ2) is 7.55. The number of carbonyl (C=O) groups excluding carboxylic acids is 3. The van der Waals surface area contributed by atoms with Gasteiger partial charge in [0, 0.05) is 28.7 Å². The van der Waals surface area contributed by atoms with E-state index < -0.39 is 17.9 Å². The van der Waals surface area contributed by atoms with Crippen LogP contribution in [0.4, 0.5) is 4.79 Å². The number of para-hydroxylation sites is 1. The van der Waals surface area contributed by atoms with Crippen molar-refractivity contribution in [1.82, 2.24) is 14.8 Å². The summed E-state index contributed by atoms with van der Waals surface area (Å²) >= 11 is 0. The van der Waals surface area contributed by atoms with E-state index in [0.29, 0.717) is 5.76 Å². The number of ether oxygens (including phenoxy) is 1. The van der Waals surface area contributed by atoms with Crippen LogP contribution in [0, 0.1) is 6.92 Å². The van der Waals surface area contributed by atoms with Gasteiger partial charge in [-0.25, -0.2) is 9.59 Å². The second-order valence-corrected chi connectivity index (χ2v) is 6.90. The van der Waals surface area contributed by atoms with Crippen LogP contribution in [-0.2, 0) is 22.6 Å². The van der Waals surface area contributed by atoms with Crippen LogP contribution in [0.1, 0.15) is 34.5 Å². The maximum Gasteiger partial charge on any atom is 0.373 e. The minimum atomic E-state index is -0.623. The first-order valence-electron chi connectivity index (χ1n) is 9.54. The van der Waals surface area contributed by atoms with Gasteiger partial charge in [-0.15, -0.1) is 0 Å². The molecule has 3 heterocycles. The van der Waals surface area contributed by atoms with E-state index in [0.717, 1.165) is 33.6 Å². The molecular formula is C22H21N3O5. The first-order valence-corrected chi connectivity index (χ1v) is 9.54. The van der Waals surface area contributed by atoms with E-state index in [9.17, 15) is 14.4 Å². The van der Waals surface area contributed by atoms with E-state index in [4.69, 9.17) is 4.42 Å². The van der Waals surface area contributed by atoms with Gasteiger partial charge in [-0.05, 0) is 38.1 Å². The molecule has 3 aromatic rings. The molecule has 0 unspecified atom stereocenters. The normalized spacial score (nSPS) is 15.3. The molecule has 1 aliphatic heterocycles. The molecule has 30 heavy (non-hydrogen) atoms. The number of aromatic nitrogens is 1. The lowest BCUT2D eigenvalue weighted by atomic mass is 10.1. The summed E-state index contributed by atoms with van der Waals surface area (Å²) in [6, 6.07) is 10.4. The number of aryl methyl sites for hydroxylation is 1. The number of esters is 1. The largest absolute Gasteiger partial charge is 0.463 e. The zero-order valence-corrected chi connectivity index (χ0v) is 16.9. The molecule has 4 rings (SSSR count). The highest BCUT2D eigenvalue weighted by atomic mass is 16.5. The van der Waals surface area contributed by atoms with Crippen LogP contribution in [-0.4, -0.2) is 34.5 Å². The molecular weight excluding hydrogens is 386 g/mol. The average molecular weight is 407 g/mol. The van der Waals surface area contributed by atoms with Crippen molar-refractivity contribution in [1.29, 1.82) is 0 Å². The van der Waals surface area contributed by atoms with Gasteiger partial charge < -0.3 is 19.0 Å². The second-order valence-electron chi connectivity index (χ2n) is 6.90. The number of nitrogens with zero attached hydrogens (tertiary/aromatic N) is 2. The molecule has 0 atom stereocenters. The third-order valence-electron chi connectivity index (χ3n) is 5.21. The summed E-state index contributed by atoms with van der Waals surface area (Å²) in [5.41, 5.74) is 3.18. The minimum Gasteiger partial charge on any atom is -0.463 e. The van der Waals surface area contributed by atoms with Crippen LogP contribution >= 0.6 is 0 Å². The van der Waals surface area contributed by atoms with Gasteiger partial charge in [0.15, 0.2) is 0 Å².